The molecule has 134 valence electrons. The van der Waals surface area contributed by atoms with Crippen LogP contribution in [0, 0.1) is 0 Å². The summed E-state index contributed by atoms with van der Waals surface area (Å²) in [5.41, 5.74) is 2.78. The van der Waals surface area contributed by atoms with E-state index in [-0.39, 0.29) is 0 Å². The molecular formula is C21H23N3OS. The zero-order valence-corrected chi connectivity index (χ0v) is 15.7. The van der Waals surface area contributed by atoms with E-state index in [0.717, 1.165) is 44.4 Å². The van der Waals surface area contributed by atoms with Gasteiger partial charge in [-0.3, -0.25) is 0 Å². The maximum Gasteiger partial charge on any atom is 0.141 e. The minimum atomic E-state index is 0.784. The molecule has 2 aromatic heterocycles. The Morgan fingerprint density at radius 3 is 2.65 bits per heavy atom. The third kappa shape index (κ3) is 2.99. The van der Waals surface area contributed by atoms with Crippen LogP contribution in [0.3, 0.4) is 0 Å². The summed E-state index contributed by atoms with van der Waals surface area (Å²) < 4.78 is 5.57. The number of aryl methyl sites for hydroxylation is 2. The Morgan fingerprint density at radius 1 is 1.00 bits per heavy atom. The molecule has 0 saturated carbocycles. The molecule has 0 atom stereocenters. The van der Waals surface area contributed by atoms with Crippen LogP contribution in [0.2, 0.25) is 0 Å². The third-order valence-electron chi connectivity index (χ3n) is 5.36. The fourth-order valence-corrected chi connectivity index (χ4v) is 5.32. The molecule has 1 aliphatic heterocycles. The predicted octanol–water partition coefficient (Wildman–Crippen LogP) is 4.00. The number of aromatic nitrogens is 2. The molecule has 4 nitrogen and oxygen atoms in total. The van der Waals surface area contributed by atoms with Gasteiger partial charge in [-0.1, -0.05) is 30.3 Å². The van der Waals surface area contributed by atoms with Crippen LogP contribution in [0.5, 0.6) is 0 Å². The highest BCUT2D eigenvalue weighted by molar-refractivity contribution is 7.19. The van der Waals surface area contributed by atoms with Gasteiger partial charge in [-0.05, 0) is 36.8 Å². The number of thiophene rings is 1. The Bertz CT molecular complexity index is 916. The molecule has 0 amide bonds. The number of ether oxygens (including phenoxy) is 1. The Labute approximate surface area is 157 Å². The van der Waals surface area contributed by atoms with Crippen molar-refractivity contribution in [3.8, 4) is 0 Å². The highest BCUT2D eigenvalue weighted by Gasteiger charge is 2.24. The molecule has 0 unspecified atom stereocenters. The van der Waals surface area contributed by atoms with Crippen molar-refractivity contribution in [2.24, 2.45) is 0 Å². The lowest BCUT2D eigenvalue weighted by atomic mass is 9.97. The summed E-state index contributed by atoms with van der Waals surface area (Å²) in [5.74, 6) is 2.08. The summed E-state index contributed by atoms with van der Waals surface area (Å²) in [5, 5.41) is 1.32. The molecule has 0 N–H and O–H groups in total. The second-order valence-corrected chi connectivity index (χ2v) is 8.20. The van der Waals surface area contributed by atoms with Gasteiger partial charge in [-0.2, -0.15) is 0 Å². The second-order valence-electron chi connectivity index (χ2n) is 7.12. The molecule has 0 spiro atoms. The van der Waals surface area contributed by atoms with E-state index in [2.05, 4.69) is 35.2 Å². The average Bonchev–Trinajstić information content (AvgIpc) is 3.07. The van der Waals surface area contributed by atoms with Crippen molar-refractivity contribution in [1.29, 1.82) is 0 Å². The lowest BCUT2D eigenvalue weighted by Crippen LogP contribution is -2.37. The maximum atomic E-state index is 5.57. The first-order valence-corrected chi connectivity index (χ1v) is 10.4. The van der Waals surface area contributed by atoms with Crippen LogP contribution in [-0.2, 0) is 24.0 Å². The molecule has 5 heteroatoms. The van der Waals surface area contributed by atoms with Gasteiger partial charge in [0, 0.05) is 24.4 Å². The number of hydrogen-bond acceptors (Lipinski definition) is 5. The van der Waals surface area contributed by atoms with Crippen LogP contribution in [0.15, 0.2) is 30.3 Å². The Balaban J connectivity index is 1.63. The van der Waals surface area contributed by atoms with Crippen molar-refractivity contribution < 1.29 is 4.74 Å². The van der Waals surface area contributed by atoms with Crippen molar-refractivity contribution in [3.63, 3.8) is 0 Å². The summed E-state index contributed by atoms with van der Waals surface area (Å²) in [4.78, 5) is 15.2. The fraction of sp³-hybridized carbons (Fsp3) is 0.429. The van der Waals surface area contributed by atoms with Gasteiger partial charge in [0.25, 0.3) is 0 Å². The summed E-state index contributed by atoms with van der Waals surface area (Å²) in [6, 6.07) is 10.5. The van der Waals surface area contributed by atoms with Crippen LogP contribution >= 0.6 is 11.3 Å². The fourth-order valence-electron chi connectivity index (χ4n) is 4.04. The van der Waals surface area contributed by atoms with Crippen molar-refractivity contribution in [2.75, 3.05) is 31.2 Å². The van der Waals surface area contributed by atoms with E-state index in [0.29, 0.717) is 0 Å². The van der Waals surface area contributed by atoms with Crippen LogP contribution in [0.4, 0.5) is 5.82 Å². The number of morpholine rings is 1. The van der Waals surface area contributed by atoms with E-state index in [1.165, 1.54) is 51.9 Å². The molecule has 0 bridgehead atoms. The smallest absolute Gasteiger partial charge is 0.141 e. The van der Waals surface area contributed by atoms with Crippen LogP contribution < -0.4 is 4.90 Å². The number of anilines is 1. The number of rotatable bonds is 3. The molecule has 26 heavy (non-hydrogen) atoms. The predicted molar refractivity (Wildman–Crippen MR) is 106 cm³/mol. The lowest BCUT2D eigenvalue weighted by Gasteiger charge is -2.29. The van der Waals surface area contributed by atoms with Crippen molar-refractivity contribution in [3.05, 3.63) is 52.2 Å². The molecule has 3 heterocycles. The quantitative estimate of drug-likeness (QED) is 0.703. The van der Waals surface area contributed by atoms with Gasteiger partial charge in [0.15, 0.2) is 0 Å². The summed E-state index contributed by atoms with van der Waals surface area (Å²) >= 11 is 1.89. The van der Waals surface area contributed by atoms with Gasteiger partial charge < -0.3 is 9.64 Å². The van der Waals surface area contributed by atoms with E-state index < -0.39 is 0 Å². The van der Waals surface area contributed by atoms with E-state index in [1.54, 1.807) is 0 Å². The zero-order chi connectivity index (χ0) is 17.3. The zero-order valence-electron chi connectivity index (χ0n) is 14.9. The second kappa shape index (κ2) is 6.97. The standard InChI is InChI=1S/C21H23N3OS/c1-2-6-15(7-3-1)14-18-22-20(24-10-12-25-13-11-24)19-16-8-4-5-9-17(16)26-21(19)23-18/h1-3,6-7H,4-5,8-14H2. The number of nitrogens with zero attached hydrogens (tertiary/aromatic N) is 3. The van der Waals surface area contributed by atoms with E-state index in [4.69, 9.17) is 14.7 Å². The van der Waals surface area contributed by atoms with Crippen LogP contribution in [0.25, 0.3) is 10.2 Å². The normalized spacial score (nSPS) is 17.5. The first kappa shape index (κ1) is 16.2. The lowest BCUT2D eigenvalue weighted by molar-refractivity contribution is 0.122. The molecule has 0 radical (unpaired) electrons. The third-order valence-corrected chi connectivity index (χ3v) is 6.54. The topological polar surface area (TPSA) is 38.2 Å². The van der Waals surface area contributed by atoms with Crippen LogP contribution in [0.1, 0.15) is 34.7 Å². The van der Waals surface area contributed by atoms with E-state index >= 15 is 0 Å². The molecule has 1 fully saturated rings. The van der Waals surface area contributed by atoms with Crippen molar-refractivity contribution in [1.82, 2.24) is 9.97 Å². The minimum Gasteiger partial charge on any atom is -0.378 e. The Morgan fingerprint density at radius 2 is 1.81 bits per heavy atom. The molecule has 2 aliphatic rings. The summed E-state index contributed by atoms with van der Waals surface area (Å²) in [6.45, 7) is 3.40. The molecule has 1 aromatic carbocycles. The number of hydrogen-bond donors (Lipinski definition) is 0. The van der Waals surface area contributed by atoms with Gasteiger partial charge in [0.05, 0.1) is 18.6 Å². The first-order chi connectivity index (χ1) is 12.9. The molecular weight excluding hydrogens is 342 g/mol. The summed E-state index contributed by atoms with van der Waals surface area (Å²) in [7, 11) is 0. The largest absolute Gasteiger partial charge is 0.378 e. The van der Waals surface area contributed by atoms with Crippen LogP contribution in [-0.4, -0.2) is 36.3 Å². The van der Waals surface area contributed by atoms with Crippen molar-refractivity contribution >= 4 is 27.4 Å². The minimum absolute atomic E-state index is 0.784. The molecule has 1 aliphatic carbocycles. The highest BCUT2D eigenvalue weighted by atomic mass is 32.1. The van der Waals surface area contributed by atoms with Gasteiger partial charge in [0.1, 0.15) is 16.5 Å². The Kier molecular flexibility index (Phi) is 4.35. The Hall–Kier alpha value is -1.98. The number of benzene rings is 1. The van der Waals surface area contributed by atoms with E-state index in [1.807, 2.05) is 11.3 Å². The summed E-state index contributed by atoms with van der Waals surface area (Å²) in [6.07, 6.45) is 5.75. The first-order valence-electron chi connectivity index (χ1n) is 9.56. The average molecular weight is 366 g/mol. The maximum absolute atomic E-state index is 5.57. The van der Waals surface area contributed by atoms with Gasteiger partial charge in [-0.25, -0.2) is 9.97 Å². The van der Waals surface area contributed by atoms with E-state index in [9.17, 15) is 0 Å². The molecule has 1 saturated heterocycles. The monoisotopic (exact) mass is 365 g/mol. The molecule has 5 rings (SSSR count). The molecule has 3 aromatic rings. The van der Waals surface area contributed by atoms with Gasteiger partial charge >= 0.3 is 0 Å². The SMILES string of the molecule is c1ccc(Cc2nc(N3CCOCC3)c3c4c(sc3n2)CCCC4)cc1. The highest BCUT2D eigenvalue weighted by Crippen LogP contribution is 2.40. The number of fused-ring (bicyclic) bond motifs is 3. The van der Waals surface area contributed by atoms with Gasteiger partial charge in [-0.15, -0.1) is 11.3 Å². The van der Waals surface area contributed by atoms with Gasteiger partial charge in [0.2, 0.25) is 0 Å². The van der Waals surface area contributed by atoms with Crippen molar-refractivity contribution in [2.45, 2.75) is 32.1 Å².